The van der Waals surface area contributed by atoms with Crippen LogP contribution in [0.15, 0.2) is 54.6 Å². The van der Waals surface area contributed by atoms with E-state index in [4.69, 9.17) is 14.2 Å². The molecule has 1 aliphatic rings. The lowest BCUT2D eigenvalue weighted by molar-refractivity contribution is -0.115. The number of aromatic nitrogens is 1. The third-order valence-electron chi connectivity index (χ3n) is 7.07. The zero-order valence-electron chi connectivity index (χ0n) is 23.0. The summed E-state index contributed by atoms with van der Waals surface area (Å²) < 4.78 is 16.1. The van der Waals surface area contributed by atoms with Gasteiger partial charge in [-0.25, -0.2) is 0 Å². The van der Waals surface area contributed by atoms with Gasteiger partial charge in [0.25, 0.3) is 0 Å². The van der Waals surface area contributed by atoms with E-state index in [1.165, 1.54) is 33.0 Å². The summed E-state index contributed by atoms with van der Waals surface area (Å²) in [5, 5.41) is 4.08. The van der Waals surface area contributed by atoms with E-state index in [0.717, 1.165) is 39.0 Å². The fraction of sp³-hybridized carbons (Fsp3) is 0.250. The van der Waals surface area contributed by atoms with Gasteiger partial charge in [0.05, 0.1) is 39.1 Å². The third kappa shape index (κ3) is 4.88. The number of fused-ring (bicyclic) bond motifs is 5. The van der Waals surface area contributed by atoms with E-state index in [9.17, 15) is 9.59 Å². The molecule has 0 atom stereocenters. The number of allylic oxidation sites excluding steroid dienone is 1. The summed E-state index contributed by atoms with van der Waals surface area (Å²) >= 11 is 0. The van der Waals surface area contributed by atoms with Crippen molar-refractivity contribution >= 4 is 34.4 Å². The summed E-state index contributed by atoms with van der Waals surface area (Å²) in [7, 11) is 4.54. The summed E-state index contributed by atoms with van der Waals surface area (Å²) in [4.78, 5) is 29.4. The first-order chi connectivity index (χ1) is 18.6. The van der Waals surface area contributed by atoms with Gasteiger partial charge >= 0.3 is 0 Å². The van der Waals surface area contributed by atoms with Gasteiger partial charge in [-0.3, -0.25) is 9.59 Å². The van der Waals surface area contributed by atoms with Crippen LogP contribution in [0.2, 0.25) is 0 Å². The van der Waals surface area contributed by atoms with Gasteiger partial charge in [-0.05, 0) is 64.6 Å². The van der Waals surface area contributed by atoms with Gasteiger partial charge in [-0.2, -0.15) is 0 Å². The Labute approximate surface area is 227 Å². The highest BCUT2D eigenvalue weighted by Crippen LogP contribution is 2.40. The fourth-order valence-corrected chi connectivity index (χ4v) is 4.96. The van der Waals surface area contributed by atoms with Crippen LogP contribution in [0.5, 0.6) is 17.2 Å². The van der Waals surface area contributed by atoms with E-state index in [-0.39, 0.29) is 23.5 Å². The molecule has 1 aliphatic heterocycles. The summed E-state index contributed by atoms with van der Waals surface area (Å²) in [5.41, 5.74) is 6.93. The Morgan fingerprint density at radius 2 is 1.64 bits per heavy atom. The maximum absolute atomic E-state index is 13.1. The van der Waals surface area contributed by atoms with Crippen LogP contribution in [-0.4, -0.2) is 38.0 Å². The van der Waals surface area contributed by atoms with Gasteiger partial charge in [0, 0.05) is 22.0 Å². The molecule has 0 radical (unpaired) electrons. The van der Waals surface area contributed by atoms with E-state index in [1.54, 1.807) is 18.2 Å². The molecule has 0 bridgehead atoms. The number of methoxy groups -OCH3 is 3. The molecule has 0 spiro atoms. The molecule has 5 rings (SSSR count). The summed E-state index contributed by atoms with van der Waals surface area (Å²) in [6, 6.07) is 15.4. The maximum Gasteiger partial charge on any atom is 0.228 e. The molecule has 7 nitrogen and oxygen atoms in total. The number of hydrogen-bond acceptors (Lipinski definition) is 5. The smallest absolute Gasteiger partial charge is 0.228 e. The second kappa shape index (κ2) is 9.98. The van der Waals surface area contributed by atoms with Crippen molar-refractivity contribution in [3.8, 4) is 28.5 Å². The number of ketones is 1. The van der Waals surface area contributed by atoms with Gasteiger partial charge in [0.1, 0.15) is 0 Å². The fourth-order valence-electron chi connectivity index (χ4n) is 4.96. The second-order valence-electron chi connectivity index (χ2n) is 10.6. The number of amides is 1. The van der Waals surface area contributed by atoms with Crippen molar-refractivity contribution in [3.05, 3.63) is 76.9 Å². The number of carbonyl (C=O) groups excluding carboxylic acids is 2. The molecule has 2 heterocycles. The molecule has 1 aromatic heterocycles. The molecule has 200 valence electrons. The zero-order chi connectivity index (χ0) is 27.9. The Morgan fingerprint density at radius 1 is 0.923 bits per heavy atom. The van der Waals surface area contributed by atoms with Crippen LogP contribution < -0.4 is 19.5 Å². The van der Waals surface area contributed by atoms with Crippen molar-refractivity contribution in [2.24, 2.45) is 0 Å². The average molecular weight is 525 g/mol. The molecule has 7 heteroatoms. The zero-order valence-corrected chi connectivity index (χ0v) is 23.0. The second-order valence-corrected chi connectivity index (χ2v) is 10.6. The normalized spacial score (nSPS) is 13.0. The molecule has 2 N–H and O–H groups in total. The number of carbonyl (C=O) groups is 2. The van der Waals surface area contributed by atoms with Crippen molar-refractivity contribution in [2.75, 3.05) is 26.6 Å². The van der Waals surface area contributed by atoms with Gasteiger partial charge in [-0.1, -0.05) is 39.0 Å². The first-order valence-corrected chi connectivity index (χ1v) is 12.7. The van der Waals surface area contributed by atoms with Gasteiger partial charge in [-0.15, -0.1) is 0 Å². The van der Waals surface area contributed by atoms with Crippen LogP contribution in [-0.2, 0) is 16.6 Å². The predicted molar refractivity (Wildman–Crippen MR) is 154 cm³/mol. The molecule has 4 aromatic rings. The van der Waals surface area contributed by atoms with Crippen molar-refractivity contribution in [3.63, 3.8) is 0 Å². The Hall–Kier alpha value is -4.52. The lowest BCUT2D eigenvalue weighted by Crippen LogP contribution is -2.13. The van der Waals surface area contributed by atoms with Gasteiger partial charge in [0.15, 0.2) is 17.3 Å². The number of ether oxygens (including phenoxy) is 3. The summed E-state index contributed by atoms with van der Waals surface area (Å²) in [5.74, 6) is 0.985. The van der Waals surface area contributed by atoms with E-state index in [0.29, 0.717) is 22.8 Å². The molecule has 0 saturated carbocycles. The van der Waals surface area contributed by atoms with Crippen molar-refractivity contribution < 1.29 is 23.8 Å². The predicted octanol–water partition coefficient (Wildman–Crippen LogP) is 6.55. The highest BCUT2D eigenvalue weighted by molar-refractivity contribution is 6.08. The summed E-state index contributed by atoms with van der Waals surface area (Å²) in [6.45, 7) is 6.54. The molecule has 0 unspecified atom stereocenters. The first-order valence-electron chi connectivity index (χ1n) is 12.7. The number of nitrogens with one attached hydrogen (secondary N) is 2. The SMILES string of the molecule is COc1cc(C(=O)/C=C/c2ccc3c(c2)-c2[nH]c4ccc(C(C)(C)C)cc4c2CC(=O)N3)cc(OC)c1OC. The van der Waals surface area contributed by atoms with E-state index >= 15 is 0 Å². The minimum atomic E-state index is -0.210. The number of aromatic amines is 1. The maximum atomic E-state index is 13.1. The molecule has 39 heavy (non-hydrogen) atoms. The van der Waals surface area contributed by atoms with E-state index in [2.05, 4.69) is 49.3 Å². The molecule has 0 aliphatic carbocycles. The van der Waals surface area contributed by atoms with Crippen molar-refractivity contribution in [2.45, 2.75) is 32.6 Å². The molecular formula is C32H32N2O5. The number of anilines is 1. The number of rotatable bonds is 6. The van der Waals surface area contributed by atoms with Crippen LogP contribution in [0.4, 0.5) is 5.69 Å². The largest absolute Gasteiger partial charge is 0.493 e. The Balaban J connectivity index is 1.53. The lowest BCUT2D eigenvalue weighted by Gasteiger charge is -2.19. The topological polar surface area (TPSA) is 89.7 Å². The van der Waals surface area contributed by atoms with Crippen LogP contribution in [0.3, 0.4) is 0 Å². The van der Waals surface area contributed by atoms with Gasteiger partial charge < -0.3 is 24.5 Å². The molecule has 0 fully saturated rings. The standard InChI is InChI=1S/C32H32N2O5/c1-32(2,3)20-9-11-24-21(16-20)22-17-29(36)33-25-10-7-18(13-23(25)30(22)34-24)8-12-26(35)19-14-27(37-4)31(39-6)28(15-19)38-5/h7-16,34H,17H2,1-6H3,(H,33,36)/b12-8+. The molecule has 1 amide bonds. The molecule has 0 saturated heterocycles. The van der Waals surface area contributed by atoms with Crippen LogP contribution in [0.1, 0.15) is 47.8 Å². The molecule has 3 aromatic carbocycles. The minimum Gasteiger partial charge on any atom is -0.493 e. The first kappa shape index (κ1) is 26.1. The van der Waals surface area contributed by atoms with E-state index < -0.39 is 0 Å². The molecular weight excluding hydrogens is 492 g/mol. The Morgan fingerprint density at radius 3 is 2.28 bits per heavy atom. The monoisotopic (exact) mass is 524 g/mol. The van der Waals surface area contributed by atoms with Crippen molar-refractivity contribution in [1.29, 1.82) is 0 Å². The Kier molecular flexibility index (Phi) is 6.68. The summed E-state index contributed by atoms with van der Waals surface area (Å²) in [6.07, 6.45) is 3.56. The van der Waals surface area contributed by atoms with Crippen LogP contribution in [0, 0.1) is 0 Å². The Bertz CT molecular complexity index is 1610. The number of benzene rings is 3. The quantitative estimate of drug-likeness (QED) is 0.221. The van der Waals surface area contributed by atoms with Crippen LogP contribution in [0.25, 0.3) is 28.2 Å². The minimum absolute atomic E-state index is 0.00827. The number of hydrogen-bond donors (Lipinski definition) is 2. The lowest BCUT2D eigenvalue weighted by atomic mass is 9.86. The van der Waals surface area contributed by atoms with Crippen LogP contribution >= 0.6 is 0 Å². The van der Waals surface area contributed by atoms with E-state index in [1.807, 2.05) is 18.2 Å². The average Bonchev–Trinajstić information content (AvgIpc) is 3.20. The van der Waals surface area contributed by atoms with Gasteiger partial charge in [0.2, 0.25) is 11.7 Å². The van der Waals surface area contributed by atoms with Crippen molar-refractivity contribution in [1.82, 2.24) is 4.98 Å². The number of H-pyrrole nitrogens is 1. The third-order valence-corrected chi connectivity index (χ3v) is 7.07. The highest BCUT2D eigenvalue weighted by Gasteiger charge is 2.24. The highest BCUT2D eigenvalue weighted by atomic mass is 16.5.